The van der Waals surface area contributed by atoms with Crippen LogP contribution in [0.1, 0.15) is 23.5 Å². The van der Waals surface area contributed by atoms with Gasteiger partial charge in [-0.1, -0.05) is 23.2 Å². The minimum Gasteiger partial charge on any atom is -0.316 e. The van der Waals surface area contributed by atoms with Crippen molar-refractivity contribution in [2.75, 3.05) is 13.1 Å². The second-order valence-corrected chi connectivity index (χ2v) is 5.11. The van der Waals surface area contributed by atoms with Crippen LogP contribution >= 0.6 is 11.6 Å². The molecule has 0 amide bonds. The van der Waals surface area contributed by atoms with Gasteiger partial charge in [-0.2, -0.15) is 0 Å². The lowest BCUT2D eigenvalue weighted by Gasteiger charge is -2.12. The predicted octanol–water partition coefficient (Wildman–Crippen LogP) is 3.27. The molecule has 3 rings (SSSR count). The summed E-state index contributed by atoms with van der Waals surface area (Å²) in [6.45, 7) is 4.19. The van der Waals surface area contributed by atoms with Crippen LogP contribution in [0.5, 0.6) is 0 Å². The Morgan fingerprint density at radius 3 is 3.00 bits per heavy atom. The molecule has 0 radical (unpaired) electrons. The van der Waals surface area contributed by atoms with Crippen molar-refractivity contribution in [3.63, 3.8) is 0 Å². The summed E-state index contributed by atoms with van der Waals surface area (Å²) in [6, 6.07) is 8.48. The van der Waals surface area contributed by atoms with E-state index in [1.54, 1.807) is 0 Å². The molecule has 1 aromatic heterocycles. The monoisotopic (exact) mass is 246 g/mol. The molecule has 1 N–H and O–H groups in total. The molecule has 1 atom stereocenters. The van der Waals surface area contributed by atoms with E-state index in [1.165, 1.54) is 16.5 Å². The number of nitrogens with zero attached hydrogens (tertiary/aromatic N) is 1. The standard InChI is InChI=1S/C14H15ClN2/c1-9-2-3-13-11(6-9)7-12(14(15)17-13)10-4-5-16-8-10/h2-3,6-7,10,16H,4-5,8H2,1H3. The molecule has 1 unspecified atom stereocenters. The maximum Gasteiger partial charge on any atom is 0.133 e. The molecule has 3 heteroatoms. The Balaban J connectivity index is 2.14. The molecule has 17 heavy (non-hydrogen) atoms. The molecular formula is C14H15ClN2. The molecule has 1 aromatic carbocycles. The number of benzene rings is 1. The Kier molecular flexibility index (Phi) is 2.77. The average molecular weight is 247 g/mol. The largest absolute Gasteiger partial charge is 0.316 e. The van der Waals surface area contributed by atoms with Crippen molar-refractivity contribution >= 4 is 22.5 Å². The van der Waals surface area contributed by atoms with Crippen LogP contribution in [-0.2, 0) is 0 Å². The van der Waals surface area contributed by atoms with Gasteiger partial charge in [-0.15, -0.1) is 0 Å². The first kappa shape index (κ1) is 11.0. The van der Waals surface area contributed by atoms with Crippen LogP contribution in [0, 0.1) is 6.92 Å². The summed E-state index contributed by atoms with van der Waals surface area (Å²) >= 11 is 6.28. The first-order valence-corrected chi connectivity index (χ1v) is 6.39. The first-order chi connectivity index (χ1) is 8.24. The van der Waals surface area contributed by atoms with Crippen molar-refractivity contribution in [3.05, 3.63) is 40.5 Å². The molecule has 1 aliphatic rings. The zero-order valence-corrected chi connectivity index (χ0v) is 10.6. The maximum absolute atomic E-state index is 6.28. The molecule has 1 saturated heterocycles. The summed E-state index contributed by atoms with van der Waals surface area (Å²) in [6.07, 6.45) is 1.15. The van der Waals surface area contributed by atoms with Crippen LogP contribution in [-0.4, -0.2) is 18.1 Å². The molecule has 1 fully saturated rings. The van der Waals surface area contributed by atoms with Gasteiger partial charge in [-0.3, -0.25) is 0 Å². The molecule has 1 aliphatic heterocycles. The van der Waals surface area contributed by atoms with Crippen LogP contribution in [0.4, 0.5) is 0 Å². The predicted molar refractivity (Wildman–Crippen MR) is 71.7 cm³/mol. The smallest absolute Gasteiger partial charge is 0.133 e. The van der Waals surface area contributed by atoms with E-state index in [2.05, 4.69) is 35.4 Å². The summed E-state index contributed by atoms with van der Waals surface area (Å²) in [5, 5.41) is 5.22. The number of rotatable bonds is 1. The minimum atomic E-state index is 0.514. The molecule has 2 aromatic rings. The van der Waals surface area contributed by atoms with E-state index < -0.39 is 0 Å². The molecule has 0 aliphatic carbocycles. The zero-order chi connectivity index (χ0) is 11.8. The third-order valence-electron chi connectivity index (χ3n) is 3.45. The van der Waals surface area contributed by atoms with Gasteiger partial charge >= 0.3 is 0 Å². The third kappa shape index (κ3) is 2.03. The average Bonchev–Trinajstić information content (AvgIpc) is 2.82. The van der Waals surface area contributed by atoms with Crippen molar-refractivity contribution < 1.29 is 0 Å². The van der Waals surface area contributed by atoms with Crippen molar-refractivity contribution in [2.24, 2.45) is 0 Å². The number of aryl methyl sites for hydroxylation is 1. The third-order valence-corrected chi connectivity index (χ3v) is 3.75. The summed E-state index contributed by atoms with van der Waals surface area (Å²) in [5.41, 5.74) is 3.43. The van der Waals surface area contributed by atoms with Crippen molar-refractivity contribution in [3.8, 4) is 0 Å². The van der Waals surface area contributed by atoms with Crippen LogP contribution < -0.4 is 5.32 Å². The zero-order valence-electron chi connectivity index (χ0n) is 9.83. The van der Waals surface area contributed by atoms with Crippen molar-refractivity contribution in [1.82, 2.24) is 10.3 Å². The molecular weight excluding hydrogens is 232 g/mol. The molecule has 2 heterocycles. The van der Waals surface area contributed by atoms with Crippen molar-refractivity contribution in [1.29, 1.82) is 0 Å². The Labute approximate surface area is 106 Å². The van der Waals surface area contributed by atoms with Gasteiger partial charge in [0.1, 0.15) is 5.15 Å². The highest BCUT2D eigenvalue weighted by Crippen LogP contribution is 2.30. The fourth-order valence-corrected chi connectivity index (χ4v) is 2.80. The van der Waals surface area contributed by atoms with Gasteiger partial charge in [0, 0.05) is 17.8 Å². The van der Waals surface area contributed by atoms with Gasteiger partial charge in [0.15, 0.2) is 0 Å². The SMILES string of the molecule is Cc1ccc2nc(Cl)c(C3CCNC3)cc2c1. The summed E-state index contributed by atoms with van der Waals surface area (Å²) in [7, 11) is 0. The number of halogens is 1. The van der Waals surface area contributed by atoms with E-state index in [0.717, 1.165) is 25.0 Å². The van der Waals surface area contributed by atoms with Crippen molar-refractivity contribution in [2.45, 2.75) is 19.3 Å². The van der Waals surface area contributed by atoms with E-state index in [0.29, 0.717) is 11.1 Å². The van der Waals surface area contributed by atoms with Gasteiger partial charge in [-0.25, -0.2) is 4.98 Å². The topological polar surface area (TPSA) is 24.9 Å². The molecule has 0 spiro atoms. The Bertz CT molecular complexity index is 559. The number of nitrogens with one attached hydrogen (secondary N) is 1. The summed E-state index contributed by atoms with van der Waals surface area (Å²) in [4.78, 5) is 4.50. The van der Waals surface area contributed by atoms with Crippen LogP contribution in [0.3, 0.4) is 0 Å². The second kappa shape index (κ2) is 4.28. The van der Waals surface area contributed by atoms with E-state index in [9.17, 15) is 0 Å². The lowest BCUT2D eigenvalue weighted by molar-refractivity contribution is 0.761. The quantitative estimate of drug-likeness (QED) is 0.782. The number of hydrogen-bond donors (Lipinski definition) is 1. The van der Waals surface area contributed by atoms with Gasteiger partial charge in [0.25, 0.3) is 0 Å². The lowest BCUT2D eigenvalue weighted by atomic mass is 9.98. The van der Waals surface area contributed by atoms with Crippen LogP contribution in [0.2, 0.25) is 5.15 Å². The van der Waals surface area contributed by atoms with E-state index >= 15 is 0 Å². The van der Waals surface area contributed by atoms with Gasteiger partial charge in [0.2, 0.25) is 0 Å². The molecule has 0 bridgehead atoms. The normalized spacial score (nSPS) is 20.0. The van der Waals surface area contributed by atoms with E-state index in [1.807, 2.05) is 6.07 Å². The number of pyridine rings is 1. The maximum atomic E-state index is 6.28. The molecule has 0 saturated carbocycles. The Morgan fingerprint density at radius 2 is 2.24 bits per heavy atom. The Morgan fingerprint density at radius 1 is 1.35 bits per heavy atom. The van der Waals surface area contributed by atoms with Crippen LogP contribution in [0.15, 0.2) is 24.3 Å². The number of hydrogen-bond acceptors (Lipinski definition) is 2. The molecule has 88 valence electrons. The Hall–Kier alpha value is -1.12. The highest BCUT2D eigenvalue weighted by molar-refractivity contribution is 6.30. The van der Waals surface area contributed by atoms with Crippen LogP contribution in [0.25, 0.3) is 10.9 Å². The molecule has 2 nitrogen and oxygen atoms in total. The number of fused-ring (bicyclic) bond motifs is 1. The van der Waals surface area contributed by atoms with E-state index in [4.69, 9.17) is 11.6 Å². The number of aromatic nitrogens is 1. The summed E-state index contributed by atoms with van der Waals surface area (Å²) in [5.74, 6) is 0.514. The lowest BCUT2D eigenvalue weighted by Crippen LogP contribution is -2.08. The highest BCUT2D eigenvalue weighted by Gasteiger charge is 2.20. The fourth-order valence-electron chi connectivity index (χ4n) is 2.50. The van der Waals surface area contributed by atoms with Gasteiger partial charge in [-0.05, 0) is 43.7 Å². The van der Waals surface area contributed by atoms with E-state index in [-0.39, 0.29) is 0 Å². The minimum absolute atomic E-state index is 0.514. The first-order valence-electron chi connectivity index (χ1n) is 6.01. The van der Waals surface area contributed by atoms with Gasteiger partial charge in [0.05, 0.1) is 5.52 Å². The second-order valence-electron chi connectivity index (χ2n) is 4.75. The fraction of sp³-hybridized carbons (Fsp3) is 0.357. The summed E-state index contributed by atoms with van der Waals surface area (Å²) < 4.78 is 0. The van der Waals surface area contributed by atoms with Gasteiger partial charge < -0.3 is 5.32 Å². The highest BCUT2D eigenvalue weighted by atomic mass is 35.5.